The van der Waals surface area contributed by atoms with Gasteiger partial charge in [-0.2, -0.15) is 0 Å². The highest BCUT2D eigenvalue weighted by molar-refractivity contribution is 6.02. The highest BCUT2D eigenvalue weighted by atomic mass is 16.2. The van der Waals surface area contributed by atoms with E-state index >= 15 is 0 Å². The molecule has 1 aliphatic rings. The number of carbonyl (C=O) groups is 3. The maximum absolute atomic E-state index is 11.5. The van der Waals surface area contributed by atoms with Crippen molar-refractivity contribution in [3.05, 3.63) is 35.4 Å². The molecule has 1 aromatic carbocycles. The maximum atomic E-state index is 11.5. The molecule has 0 atom stereocenters. The van der Waals surface area contributed by atoms with E-state index < -0.39 is 11.9 Å². The van der Waals surface area contributed by atoms with Gasteiger partial charge in [0.2, 0.25) is 5.91 Å². The van der Waals surface area contributed by atoms with Gasteiger partial charge >= 0.3 is 6.03 Å². The number of nitrogen functional groups attached to an aromatic ring is 1. The van der Waals surface area contributed by atoms with E-state index in [1.54, 1.807) is 24.3 Å². The van der Waals surface area contributed by atoms with Crippen LogP contribution in [0.1, 0.15) is 15.9 Å². The molecule has 0 saturated carbocycles. The van der Waals surface area contributed by atoms with Crippen molar-refractivity contribution in [1.82, 2.24) is 15.6 Å². The van der Waals surface area contributed by atoms with E-state index in [1.165, 1.54) is 0 Å². The Bertz CT molecular complexity index is 499. The van der Waals surface area contributed by atoms with Crippen molar-refractivity contribution in [2.45, 2.75) is 6.54 Å². The second-order valence-electron chi connectivity index (χ2n) is 3.77. The van der Waals surface area contributed by atoms with Crippen LogP contribution in [0.15, 0.2) is 24.3 Å². The summed E-state index contributed by atoms with van der Waals surface area (Å²) in [6.45, 7) is 0.0400. The molecule has 94 valence electrons. The summed E-state index contributed by atoms with van der Waals surface area (Å²) in [7, 11) is 0. The van der Waals surface area contributed by atoms with Gasteiger partial charge in [-0.05, 0) is 11.6 Å². The zero-order valence-electron chi connectivity index (χ0n) is 9.47. The number of benzene rings is 1. The zero-order valence-corrected chi connectivity index (χ0v) is 9.47. The molecular weight excluding hydrogens is 236 g/mol. The lowest BCUT2D eigenvalue weighted by molar-refractivity contribution is -0.125. The number of nitrogens with two attached hydrogens (primary N) is 1. The zero-order chi connectivity index (χ0) is 13.1. The SMILES string of the molecule is NNC(=O)c1ccccc1CN1C(=O)CNC1=O. The Morgan fingerprint density at radius 3 is 2.72 bits per heavy atom. The number of nitrogens with one attached hydrogen (secondary N) is 2. The van der Waals surface area contributed by atoms with E-state index in [0.717, 1.165) is 4.90 Å². The van der Waals surface area contributed by atoms with E-state index in [9.17, 15) is 14.4 Å². The fourth-order valence-corrected chi connectivity index (χ4v) is 1.74. The lowest BCUT2D eigenvalue weighted by Crippen LogP contribution is -2.34. The number of nitrogens with zero attached hydrogens (tertiary/aromatic N) is 1. The topological polar surface area (TPSA) is 105 Å². The number of amides is 4. The first kappa shape index (κ1) is 12.1. The predicted molar refractivity (Wildman–Crippen MR) is 62.0 cm³/mol. The lowest BCUT2D eigenvalue weighted by atomic mass is 10.1. The van der Waals surface area contributed by atoms with Gasteiger partial charge in [-0.15, -0.1) is 0 Å². The molecule has 0 spiro atoms. The van der Waals surface area contributed by atoms with Gasteiger partial charge in [0.1, 0.15) is 0 Å². The van der Waals surface area contributed by atoms with Crippen LogP contribution < -0.4 is 16.6 Å². The molecule has 0 unspecified atom stereocenters. The van der Waals surface area contributed by atoms with Crippen molar-refractivity contribution in [3.63, 3.8) is 0 Å². The van der Waals surface area contributed by atoms with E-state index in [0.29, 0.717) is 11.1 Å². The van der Waals surface area contributed by atoms with Crippen LogP contribution in [0, 0.1) is 0 Å². The van der Waals surface area contributed by atoms with Crippen molar-refractivity contribution in [2.24, 2.45) is 5.84 Å². The third kappa shape index (κ3) is 2.16. The van der Waals surface area contributed by atoms with Gasteiger partial charge in [0, 0.05) is 5.56 Å². The van der Waals surface area contributed by atoms with E-state index in [4.69, 9.17) is 5.84 Å². The molecular formula is C11H12N4O3. The number of hydrogen-bond acceptors (Lipinski definition) is 4. The van der Waals surface area contributed by atoms with Gasteiger partial charge in [0.15, 0.2) is 0 Å². The molecule has 0 bridgehead atoms. The predicted octanol–water partition coefficient (Wildman–Crippen LogP) is -0.658. The van der Waals surface area contributed by atoms with Gasteiger partial charge in [0.05, 0.1) is 13.1 Å². The highest BCUT2D eigenvalue weighted by Gasteiger charge is 2.29. The van der Waals surface area contributed by atoms with Gasteiger partial charge < -0.3 is 5.32 Å². The summed E-state index contributed by atoms with van der Waals surface area (Å²) in [4.78, 5) is 35.5. The van der Waals surface area contributed by atoms with E-state index in [-0.39, 0.29) is 19.0 Å². The number of carbonyl (C=O) groups excluding carboxylic acids is 3. The van der Waals surface area contributed by atoms with Crippen LogP contribution in [0.5, 0.6) is 0 Å². The van der Waals surface area contributed by atoms with Crippen LogP contribution in [0.3, 0.4) is 0 Å². The first-order valence-electron chi connectivity index (χ1n) is 5.30. The third-order valence-corrected chi connectivity index (χ3v) is 2.66. The smallest absolute Gasteiger partial charge is 0.324 e. The Hall–Kier alpha value is -2.41. The molecule has 7 heteroatoms. The molecule has 4 N–H and O–H groups in total. The summed E-state index contributed by atoms with van der Waals surface area (Å²) in [6.07, 6.45) is 0. The second kappa shape index (κ2) is 4.84. The number of hydrogen-bond donors (Lipinski definition) is 3. The average Bonchev–Trinajstić information content (AvgIpc) is 2.70. The van der Waals surface area contributed by atoms with Gasteiger partial charge in [0.25, 0.3) is 5.91 Å². The fourth-order valence-electron chi connectivity index (χ4n) is 1.74. The van der Waals surface area contributed by atoms with Gasteiger partial charge in [-0.25, -0.2) is 10.6 Å². The third-order valence-electron chi connectivity index (χ3n) is 2.66. The lowest BCUT2D eigenvalue weighted by Gasteiger charge is -2.14. The number of rotatable bonds is 3. The summed E-state index contributed by atoms with van der Waals surface area (Å²) in [5.74, 6) is 4.30. The molecule has 2 rings (SSSR count). The summed E-state index contributed by atoms with van der Waals surface area (Å²) in [6, 6.07) is 6.20. The summed E-state index contributed by atoms with van der Waals surface area (Å²) in [5.41, 5.74) is 2.93. The average molecular weight is 248 g/mol. The van der Waals surface area contributed by atoms with Crippen molar-refractivity contribution in [1.29, 1.82) is 0 Å². The Kier molecular flexibility index (Phi) is 3.24. The number of urea groups is 1. The summed E-state index contributed by atoms with van der Waals surface area (Å²) < 4.78 is 0. The van der Waals surface area contributed by atoms with Crippen molar-refractivity contribution >= 4 is 17.8 Å². The highest BCUT2D eigenvalue weighted by Crippen LogP contribution is 2.13. The molecule has 7 nitrogen and oxygen atoms in total. The molecule has 1 fully saturated rings. The van der Waals surface area contributed by atoms with E-state index in [1.807, 2.05) is 5.43 Å². The molecule has 1 aliphatic heterocycles. The molecule has 0 aliphatic carbocycles. The first-order valence-corrected chi connectivity index (χ1v) is 5.30. The van der Waals surface area contributed by atoms with Crippen LogP contribution in [0.4, 0.5) is 4.79 Å². The fraction of sp³-hybridized carbons (Fsp3) is 0.182. The largest absolute Gasteiger partial charge is 0.329 e. The first-order chi connectivity index (χ1) is 8.63. The number of hydrazine groups is 1. The van der Waals surface area contributed by atoms with Gasteiger partial charge in [-0.1, -0.05) is 18.2 Å². The Labute approximate surface area is 103 Å². The van der Waals surface area contributed by atoms with Crippen LogP contribution in [0.2, 0.25) is 0 Å². The minimum absolute atomic E-state index is 0.00984. The number of imide groups is 1. The van der Waals surface area contributed by atoms with Crippen molar-refractivity contribution < 1.29 is 14.4 Å². The maximum Gasteiger partial charge on any atom is 0.324 e. The van der Waals surface area contributed by atoms with E-state index in [2.05, 4.69) is 5.32 Å². The molecule has 0 radical (unpaired) electrons. The van der Waals surface area contributed by atoms with Crippen LogP contribution in [-0.4, -0.2) is 29.3 Å². The molecule has 18 heavy (non-hydrogen) atoms. The molecule has 1 heterocycles. The summed E-state index contributed by atoms with van der Waals surface area (Å²) in [5, 5.41) is 2.41. The Morgan fingerprint density at radius 2 is 2.11 bits per heavy atom. The molecule has 1 aromatic rings. The molecule has 4 amide bonds. The summed E-state index contributed by atoms with van der Waals surface area (Å²) >= 11 is 0. The Balaban J connectivity index is 2.26. The second-order valence-corrected chi connectivity index (χ2v) is 3.77. The van der Waals surface area contributed by atoms with Crippen molar-refractivity contribution in [2.75, 3.05) is 6.54 Å². The minimum atomic E-state index is -0.461. The van der Waals surface area contributed by atoms with Crippen LogP contribution in [0.25, 0.3) is 0 Å². The Morgan fingerprint density at radius 1 is 1.39 bits per heavy atom. The van der Waals surface area contributed by atoms with Gasteiger partial charge in [-0.3, -0.25) is 19.9 Å². The van der Waals surface area contributed by atoms with Crippen molar-refractivity contribution in [3.8, 4) is 0 Å². The quantitative estimate of drug-likeness (QED) is 0.286. The normalized spacial score (nSPS) is 14.6. The van der Waals surface area contributed by atoms with Crippen LogP contribution in [-0.2, 0) is 11.3 Å². The monoisotopic (exact) mass is 248 g/mol. The molecule has 1 saturated heterocycles. The molecule has 0 aromatic heterocycles. The van der Waals surface area contributed by atoms with Crippen LogP contribution >= 0.6 is 0 Å². The standard InChI is InChI=1S/C11H12N4O3/c12-14-10(17)8-4-2-1-3-7(8)6-15-9(16)5-13-11(15)18/h1-4H,5-6,12H2,(H,13,18)(H,14,17). The minimum Gasteiger partial charge on any atom is -0.329 e.